The zero-order valence-corrected chi connectivity index (χ0v) is 11.3. The Bertz CT molecular complexity index is 517. The number of nitrogens with zero attached hydrogens (tertiary/aromatic N) is 2. The molecule has 0 aliphatic heterocycles. The maximum Gasteiger partial charge on any atom is 0.0934 e. The van der Waals surface area contributed by atoms with Crippen molar-refractivity contribution >= 4 is 11.0 Å². The van der Waals surface area contributed by atoms with Crippen LogP contribution in [-0.2, 0) is 0 Å². The van der Waals surface area contributed by atoms with Crippen molar-refractivity contribution in [1.29, 1.82) is 0 Å². The van der Waals surface area contributed by atoms with Crippen LogP contribution in [0.15, 0.2) is 30.6 Å². The van der Waals surface area contributed by atoms with Gasteiger partial charge in [0.2, 0.25) is 0 Å². The fourth-order valence-corrected chi connectivity index (χ4v) is 2.48. The maximum absolute atomic E-state index is 6.39. The van der Waals surface area contributed by atoms with Gasteiger partial charge in [-0.05, 0) is 29.9 Å². The van der Waals surface area contributed by atoms with Crippen molar-refractivity contribution in [3.05, 3.63) is 36.2 Å². The minimum atomic E-state index is 0.0211. The first-order valence-corrected chi connectivity index (χ1v) is 6.54. The zero-order valence-electron chi connectivity index (χ0n) is 11.3. The van der Waals surface area contributed by atoms with E-state index in [9.17, 15) is 0 Å². The number of rotatable bonds is 4. The molecule has 0 spiro atoms. The molecule has 1 heterocycles. The Balaban J connectivity index is 2.35. The number of hydrogen-bond donors (Lipinski definition) is 1. The van der Waals surface area contributed by atoms with Gasteiger partial charge in [0, 0.05) is 18.4 Å². The normalized spacial score (nSPS) is 14.9. The van der Waals surface area contributed by atoms with Gasteiger partial charge in [0.05, 0.1) is 11.0 Å². The van der Waals surface area contributed by atoms with Gasteiger partial charge in [-0.25, -0.2) is 0 Å². The summed E-state index contributed by atoms with van der Waals surface area (Å²) in [5, 5.41) is 0. The van der Waals surface area contributed by atoms with Crippen LogP contribution < -0.4 is 5.73 Å². The highest BCUT2D eigenvalue weighted by Gasteiger charge is 2.18. The van der Waals surface area contributed by atoms with Crippen molar-refractivity contribution in [2.45, 2.75) is 33.2 Å². The smallest absolute Gasteiger partial charge is 0.0934 e. The van der Waals surface area contributed by atoms with E-state index in [1.807, 2.05) is 12.1 Å². The van der Waals surface area contributed by atoms with Crippen molar-refractivity contribution < 1.29 is 0 Å². The molecule has 1 aromatic heterocycles. The summed E-state index contributed by atoms with van der Waals surface area (Å²) in [6, 6.07) is 6.08. The molecular weight excluding hydrogens is 222 g/mol. The summed E-state index contributed by atoms with van der Waals surface area (Å²) in [5.74, 6) is 1.10. The van der Waals surface area contributed by atoms with Crippen LogP contribution in [0.25, 0.3) is 11.0 Å². The molecule has 0 saturated heterocycles. The van der Waals surface area contributed by atoms with Gasteiger partial charge >= 0.3 is 0 Å². The second-order valence-electron chi connectivity index (χ2n) is 5.40. The summed E-state index contributed by atoms with van der Waals surface area (Å²) in [6.45, 7) is 6.66. The van der Waals surface area contributed by atoms with Crippen LogP contribution in [-0.4, -0.2) is 9.97 Å². The topological polar surface area (TPSA) is 51.8 Å². The molecule has 0 amide bonds. The van der Waals surface area contributed by atoms with E-state index in [4.69, 9.17) is 5.73 Å². The van der Waals surface area contributed by atoms with E-state index >= 15 is 0 Å². The van der Waals surface area contributed by atoms with Crippen molar-refractivity contribution in [2.24, 2.45) is 17.6 Å². The van der Waals surface area contributed by atoms with Gasteiger partial charge in [-0.3, -0.25) is 9.97 Å². The molecule has 0 aliphatic rings. The molecule has 0 aliphatic carbocycles. The van der Waals surface area contributed by atoms with E-state index in [1.54, 1.807) is 12.4 Å². The Labute approximate surface area is 108 Å². The lowest BCUT2D eigenvalue weighted by Crippen LogP contribution is -2.21. The Morgan fingerprint density at radius 3 is 2.56 bits per heavy atom. The van der Waals surface area contributed by atoms with Crippen LogP contribution in [0.2, 0.25) is 0 Å². The lowest BCUT2D eigenvalue weighted by Gasteiger charge is -2.22. The summed E-state index contributed by atoms with van der Waals surface area (Å²) in [4.78, 5) is 8.75. The first-order valence-electron chi connectivity index (χ1n) is 6.54. The van der Waals surface area contributed by atoms with E-state index in [-0.39, 0.29) is 6.04 Å². The first-order chi connectivity index (χ1) is 8.59. The highest BCUT2D eigenvalue weighted by molar-refractivity contribution is 5.78. The van der Waals surface area contributed by atoms with Crippen LogP contribution in [0.5, 0.6) is 0 Å². The Hall–Kier alpha value is -1.48. The summed E-state index contributed by atoms with van der Waals surface area (Å²) < 4.78 is 0. The van der Waals surface area contributed by atoms with E-state index in [1.165, 1.54) is 0 Å². The Morgan fingerprint density at radius 2 is 1.83 bits per heavy atom. The lowest BCUT2D eigenvalue weighted by atomic mass is 9.88. The van der Waals surface area contributed by atoms with Gasteiger partial charge in [-0.2, -0.15) is 0 Å². The second kappa shape index (κ2) is 5.44. The molecule has 0 fully saturated rings. The van der Waals surface area contributed by atoms with Crippen molar-refractivity contribution in [1.82, 2.24) is 9.97 Å². The SMILES string of the molecule is CC(C)CC(C)C(N)c1cccc2nccnc12. The summed E-state index contributed by atoms with van der Waals surface area (Å²) >= 11 is 0. The standard InChI is InChI=1S/C15H21N3/c1-10(2)9-11(3)14(16)12-5-4-6-13-15(12)18-8-7-17-13/h4-8,10-11,14H,9,16H2,1-3H3. The quantitative estimate of drug-likeness (QED) is 0.896. The van der Waals surface area contributed by atoms with E-state index in [0.717, 1.165) is 23.0 Å². The highest BCUT2D eigenvalue weighted by atomic mass is 14.8. The largest absolute Gasteiger partial charge is 0.324 e. The Morgan fingerprint density at radius 1 is 1.11 bits per heavy atom. The molecule has 3 nitrogen and oxygen atoms in total. The minimum Gasteiger partial charge on any atom is -0.324 e. The number of nitrogens with two attached hydrogens (primary N) is 1. The summed E-state index contributed by atoms with van der Waals surface area (Å²) in [6.07, 6.45) is 4.57. The zero-order chi connectivity index (χ0) is 13.1. The first kappa shape index (κ1) is 13.0. The van der Waals surface area contributed by atoms with E-state index in [2.05, 4.69) is 36.8 Å². The fourth-order valence-electron chi connectivity index (χ4n) is 2.48. The number of fused-ring (bicyclic) bond motifs is 1. The van der Waals surface area contributed by atoms with Gasteiger partial charge < -0.3 is 5.73 Å². The molecule has 0 radical (unpaired) electrons. The molecule has 0 saturated carbocycles. The average Bonchev–Trinajstić information content (AvgIpc) is 2.36. The van der Waals surface area contributed by atoms with Crippen LogP contribution in [0, 0.1) is 11.8 Å². The number of aromatic nitrogens is 2. The number of hydrogen-bond acceptors (Lipinski definition) is 3. The molecule has 2 atom stereocenters. The molecule has 0 bridgehead atoms. The molecule has 2 aromatic rings. The highest BCUT2D eigenvalue weighted by Crippen LogP contribution is 2.28. The third-order valence-electron chi connectivity index (χ3n) is 3.35. The van der Waals surface area contributed by atoms with Crippen molar-refractivity contribution in [3.8, 4) is 0 Å². The molecule has 18 heavy (non-hydrogen) atoms. The third kappa shape index (κ3) is 2.67. The molecule has 2 rings (SSSR count). The number of benzene rings is 1. The minimum absolute atomic E-state index is 0.0211. The van der Waals surface area contributed by atoms with Gasteiger partial charge in [-0.1, -0.05) is 32.9 Å². The van der Waals surface area contributed by atoms with Gasteiger partial charge in [0.15, 0.2) is 0 Å². The average molecular weight is 243 g/mol. The third-order valence-corrected chi connectivity index (χ3v) is 3.35. The molecule has 2 unspecified atom stereocenters. The maximum atomic E-state index is 6.39. The van der Waals surface area contributed by atoms with E-state index in [0.29, 0.717) is 11.8 Å². The molecule has 96 valence electrons. The van der Waals surface area contributed by atoms with Crippen molar-refractivity contribution in [2.75, 3.05) is 0 Å². The van der Waals surface area contributed by atoms with Crippen LogP contribution in [0.3, 0.4) is 0 Å². The monoisotopic (exact) mass is 243 g/mol. The second-order valence-corrected chi connectivity index (χ2v) is 5.40. The van der Waals surface area contributed by atoms with Crippen LogP contribution in [0.4, 0.5) is 0 Å². The molecule has 2 N–H and O–H groups in total. The lowest BCUT2D eigenvalue weighted by molar-refractivity contribution is 0.379. The van der Waals surface area contributed by atoms with Gasteiger partial charge in [0.25, 0.3) is 0 Å². The van der Waals surface area contributed by atoms with Crippen molar-refractivity contribution in [3.63, 3.8) is 0 Å². The van der Waals surface area contributed by atoms with Crippen LogP contribution >= 0.6 is 0 Å². The van der Waals surface area contributed by atoms with Gasteiger partial charge in [-0.15, -0.1) is 0 Å². The molecule has 1 aromatic carbocycles. The predicted octanol–water partition coefficient (Wildman–Crippen LogP) is 3.31. The molecular formula is C15H21N3. The summed E-state index contributed by atoms with van der Waals surface area (Å²) in [5.41, 5.74) is 9.34. The predicted molar refractivity (Wildman–Crippen MR) is 75.1 cm³/mol. The van der Waals surface area contributed by atoms with E-state index < -0.39 is 0 Å². The summed E-state index contributed by atoms with van der Waals surface area (Å²) in [7, 11) is 0. The fraction of sp³-hybridized carbons (Fsp3) is 0.467. The Kier molecular flexibility index (Phi) is 3.92. The van der Waals surface area contributed by atoms with Gasteiger partial charge in [0.1, 0.15) is 0 Å². The number of para-hydroxylation sites is 1. The van der Waals surface area contributed by atoms with Crippen LogP contribution in [0.1, 0.15) is 38.8 Å². The molecule has 3 heteroatoms.